The van der Waals surface area contributed by atoms with E-state index < -0.39 is 0 Å². The Balaban J connectivity index is 3.59. The zero-order valence-corrected chi connectivity index (χ0v) is 14.9. The van der Waals surface area contributed by atoms with Crippen LogP contribution < -0.4 is 0 Å². The van der Waals surface area contributed by atoms with Crippen LogP contribution in [0.5, 0.6) is 0 Å². The Bertz CT molecular complexity index is 177. The number of unbranched alkanes of at least 4 members (excludes halogenated alkanes) is 9. The fraction of sp³-hybridized carbons (Fsp3) is 1.00. The second-order valence-corrected chi connectivity index (χ2v) is 6.89. The SMILES string of the molecule is CCCCCCCCCC(CCCCCC)CN(C)C. The number of hydrogen-bond donors (Lipinski definition) is 0. The van der Waals surface area contributed by atoms with Crippen LogP contribution in [0.2, 0.25) is 0 Å². The molecule has 20 heavy (non-hydrogen) atoms. The van der Waals surface area contributed by atoms with Crippen molar-refractivity contribution in [1.29, 1.82) is 0 Å². The molecule has 0 aliphatic carbocycles. The van der Waals surface area contributed by atoms with Crippen molar-refractivity contribution in [3.8, 4) is 0 Å². The molecule has 0 aromatic carbocycles. The summed E-state index contributed by atoms with van der Waals surface area (Å²) in [6.07, 6.45) is 18.7. The zero-order chi connectivity index (χ0) is 15.1. The normalized spacial score (nSPS) is 13.1. The molecule has 0 saturated heterocycles. The van der Waals surface area contributed by atoms with Crippen LogP contribution in [-0.2, 0) is 0 Å². The summed E-state index contributed by atoms with van der Waals surface area (Å²) in [5.74, 6) is 0.942. The van der Waals surface area contributed by atoms with E-state index in [4.69, 9.17) is 0 Å². The Morgan fingerprint density at radius 1 is 0.600 bits per heavy atom. The maximum atomic E-state index is 2.38. The third kappa shape index (κ3) is 14.4. The van der Waals surface area contributed by atoms with E-state index in [2.05, 4.69) is 32.8 Å². The van der Waals surface area contributed by atoms with E-state index in [0.29, 0.717) is 0 Å². The average Bonchev–Trinajstić information content (AvgIpc) is 2.41. The minimum Gasteiger partial charge on any atom is -0.309 e. The number of hydrogen-bond acceptors (Lipinski definition) is 1. The maximum Gasteiger partial charge on any atom is 0.000356 e. The summed E-state index contributed by atoms with van der Waals surface area (Å²) in [6.45, 7) is 5.89. The van der Waals surface area contributed by atoms with Crippen molar-refractivity contribution < 1.29 is 0 Å². The van der Waals surface area contributed by atoms with Crippen molar-refractivity contribution in [3.63, 3.8) is 0 Å². The van der Waals surface area contributed by atoms with Gasteiger partial charge in [-0.15, -0.1) is 0 Å². The van der Waals surface area contributed by atoms with E-state index >= 15 is 0 Å². The lowest BCUT2D eigenvalue weighted by Gasteiger charge is -2.21. The monoisotopic (exact) mass is 283 g/mol. The highest BCUT2D eigenvalue weighted by Crippen LogP contribution is 2.19. The lowest BCUT2D eigenvalue weighted by Crippen LogP contribution is -2.21. The molecule has 0 fully saturated rings. The van der Waals surface area contributed by atoms with Crippen LogP contribution in [0.25, 0.3) is 0 Å². The van der Waals surface area contributed by atoms with Gasteiger partial charge in [0, 0.05) is 6.54 Å². The smallest absolute Gasteiger partial charge is 0.000356 e. The highest BCUT2D eigenvalue weighted by Gasteiger charge is 2.09. The van der Waals surface area contributed by atoms with Gasteiger partial charge in [0.25, 0.3) is 0 Å². The molecular weight excluding hydrogens is 242 g/mol. The lowest BCUT2D eigenvalue weighted by molar-refractivity contribution is 0.286. The van der Waals surface area contributed by atoms with Gasteiger partial charge in [0.1, 0.15) is 0 Å². The maximum absolute atomic E-state index is 2.38. The molecule has 1 heteroatoms. The molecule has 0 amide bonds. The van der Waals surface area contributed by atoms with Crippen molar-refractivity contribution in [2.24, 2.45) is 5.92 Å². The summed E-state index contributed by atoms with van der Waals surface area (Å²) in [5, 5.41) is 0. The van der Waals surface area contributed by atoms with E-state index in [1.807, 2.05) is 0 Å². The molecule has 0 radical (unpaired) electrons. The van der Waals surface area contributed by atoms with Crippen LogP contribution in [0.4, 0.5) is 0 Å². The largest absolute Gasteiger partial charge is 0.309 e. The van der Waals surface area contributed by atoms with Gasteiger partial charge in [-0.2, -0.15) is 0 Å². The molecule has 0 aliphatic rings. The molecule has 0 aromatic rings. The fourth-order valence-electron chi connectivity index (χ4n) is 3.09. The first-order chi connectivity index (χ1) is 9.70. The molecule has 0 bridgehead atoms. The predicted molar refractivity (Wildman–Crippen MR) is 93.4 cm³/mol. The van der Waals surface area contributed by atoms with Gasteiger partial charge in [-0.05, 0) is 32.9 Å². The Labute approximate surface area is 129 Å². The first-order valence-electron chi connectivity index (χ1n) is 9.35. The third-order valence-corrected chi connectivity index (χ3v) is 4.31. The summed E-state index contributed by atoms with van der Waals surface area (Å²) in [5.41, 5.74) is 0. The summed E-state index contributed by atoms with van der Waals surface area (Å²) >= 11 is 0. The zero-order valence-electron chi connectivity index (χ0n) is 14.9. The summed E-state index contributed by atoms with van der Waals surface area (Å²) in [6, 6.07) is 0. The van der Waals surface area contributed by atoms with Gasteiger partial charge < -0.3 is 4.90 Å². The Morgan fingerprint density at radius 3 is 1.45 bits per heavy atom. The topological polar surface area (TPSA) is 3.24 Å². The molecule has 0 aliphatic heterocycles. The highest BCUT2D eigenvalue weighted by molar-refractivity contribution is 4.63. The van der Waals surface area contributed by atoms with Gasteiger partial charge in [0.05, 0.1) is 0 Å². The van der Waals surface area contributed by atoms with Crippen molar-refractivity contribution in [2.45, 2.75) is 97.3 Å². The van der Waals surface area contributed by atoms with Gasteiger partial charge in [-0.25, -0.2) is 0 Å². The van der Waals surface area contributed by atoms with Crippen LogP contribution >= 0.6 is 0 Å². The van der Waals surface area contributed by atoms with Crippen LogP contribution in [0, 0.1) is 5.92 Å². The van der Waals surface area contributed by atoms with Crippen LogP contribution in [0.3, 0.4) is 0 Å². The Morgan fingerprint density at radius 2 is 1.00 bits per heavy atom. The molecule has 1 nitrogen and oxygen atoms in total. The Kier molecular flexibility index (Phi) is 15.3. The second kappa shape index (κ2) is 15.4. The quantitative estimate of drug-likeness (QED) is 0.320. The van der Waals surface area contributed by atoms with E-state index in [0.717, 1.165) is 5.92 Å². The molecule has 0 spiro atoms. The van der Waals surface area contributed by atoms with Gasteiger partial charge in [0.15, 0.2) is 0 Å². The summed E-state index contributed by atoms with van der Waals surface area (Å²) in [7, 11) is 4.45. The van der Waals surface area contributed by atoms with Crippen molar-refractivity contribution in [3.05, 3.63) is 0 Å². The van der Waals surface area contributed by atoms with E-state index in [-0.39, 0.29) is 0 Å². The molecule has 1 atom stereocenters. The second-order valence-electron chi connectivity index (χ2n) is 6.89. The Hall–Kier alpha value is -0.0400. The molecule has 0 saturated carbocycles. The molecule has 0 rings (SSSR count). The van der Waals surface area contributed by atoms with Crippen LogP contribution in [-0.4, -0.2) is 25.5 Å². The molecule has 122 valence electrons. The standard InChI is InChI=1S/C19H41N/c1-5-7-9-11-12-13-15-17-19(18-20(3)4)16-14-10-8-6-2/h19H,5-18H2,1-4H3. The minimum absolute atomic E-state index is 0.942. The van der Waals surface area contributed by atoms with Gasteiger partial charge >= 0.3 is 0 Å². The van der Waals surface area contributed by atoms with E-state index in [1.165, 1.54) is 90.0 Å². The van der Waals surface area contributed by atoms with Crippen LogP contribution in [0.15, 0.2) is 0 Å². The van der Waals surface area contributed by atoms with Crippen LogP contribution in [0.1, 0.15) is 97.3 Å². The van der Waals surface area contributed by atoms with Crippen molar-refractivity contribution in [1.82, 2.24) is 4.90 Å². The van der Waals surface area contributed by atoms with E-state index in [9.17, 15) is 0 Å². The minimum atomic E-state index is 0.942. The van der Waals surface area contributed by atoms with Gasteiger partial charge in [-0.1, -0.05) is 84.5 Å². The van der Waals surface area contributed by atoms with E-state index in [1.54, 1.807) is 0 Å². The molecule has 0 aromatic heterocycles. The molecule has 0 heterocycles. The summed E-state index contributed by atoms with van der Waals surface area (Å²) in [4.78, 5) is 2.38. The first kappa shape index (κ1) is 20.0. The van der Waals surface area contributed by atoms with Gasteiger partial charge in [-0.3, -0.25) is 0 Å². The third-order valence-electron chi connectivity index (χ3n) is 4.31. The van der Waals surface area contributed by atoms with Crippen molar-refractivity contribution >= 4 is 0 Å². The molecule has 0 N–H and O–H groups in total. The number of rotatable bonds is 15. The molecule has 1 unspecified atom stereocenters. The highest BCUT2D eigenvalue weighted by atomic mass is 15.1. The molecular formula is C19H41N. The fourth-order valence-corrected chi connectivity index (χ4v) is 3.09. The number of nitrogens with zero attached hydrogens (tertiary/aromatic N) is 1. The average molecular weight is 284 g/mol. The van der Waals surface area contributed by atoms with Crippen molar-refractivity contribution in [2.75, 3.05) is 20.6 Å². The lowest BCUT2D eigenvalue weighted by atomic mass is 9.94. The predicted octanol–water partition coefficient (Wildman–Crippen LogP) is 6.28. The van der Waals surface area contributed by atoms with Gasteiger partial charge in [0.2, 0.25) is 0 Å². The summed E-state index contributed by atoms with van der Waals surface area (Å²) < 4.78 is 0. The first-order valence-corrected chi connectivity index (χ1v) is 9.35.